The second-order valence-electron chi connectivity index (χ2n) is 6.41. The van der Waals surface area contributed by atoms with Gasteiger partial charge < -0.3 is 4.90 Å². The average Bonchev–Trinajstić information content (AvgIpc) is 2.85. The average molecular weight is 398 g/mol. The third-order valence-corrected chi connectivity index (χ3v) is 6.97. The van der Waals surface area contributed by atoms with E-state index in [1.54, 1.807) is 4.90 Å². The van der Waals surface area contributed by atoms with Crippen LogP contribution in [0, 0.1) is 0 Å². The number of para-hydroxylation sites is 1. The topological polar surface area (TPSA) is 60.9 Å². The van der Waals surface area contributed by atoms with Crippen LogP contribution in [0.1, 0.15) is 46.0 Å². The predicted octanol–water partition coefficient (Wildman–Crippen LogP) is 3.16. The van der Waals surface area contributed by atoms with Crippen molar-refractivity contribution in [3.05, 3.63) is 30.3 Å². The van der Waals surface area contributed by atoms with Crippen molar-refractivity contribution in [1.29, 1.82) is 0 Å². The van der Waals surface area contributed by atoms with E-state index in [1.807, 2.05) is 44.2 Å². The summed E-state index contributed by atoms with van der Waals surface area (Å²) < 4.78 is 27.2. The highest BCUT2D eigenvalue weighted by Gasteiger charge is 2.59. The van der Waals surface area contributed by atoms with Gasteiger partial charge in [-0.3, -0.25) is 4.79 Å². The lowest BCUT2D eigenvalue weighted by atomic mass is 9.80. The summed E-state index contributed by atoms with van der Waals surface area (Å²) in [6, 6.07) is 9.33. The molecule has 0 radical (unpaired) electrons. The first-order valence-electron chi connectivity index (χ1n) is 8.99. The van der Waals surface area contributed by atoms with Gasteiger partial charge in [0.1, 0.15) is 5.54 Å². The number of thiocarbonyl (C=S) groups is 1. The van der Waals surface area contributed by atoms with E-state index in [-0.39, 0.29) is 5.11 Å². The molecule has 1 heterocycles. The van der Waals surface area contributed by atoms with Crippen LogP contribution in [0.4, 0.5) is 5.69 Å². The standard InChI is InChI=1S/C16H21N3O3S2.C2H6/c1-17(2)24(21,22)19-14(20)16(11-7-4-8-12-16)18(15(19)23)13-9-5-3-6-10-13;1-2/h3,5-6,9-10H,4,7-8,11-12H2,1-2H3;1-2H3. The van der Waals surface area contributed by atoms with Crippen LogP contribution in [0.25, 0.3) is 0 Å². The molecule has 0 atom stereocenters. The van der Waals surface area contributed by atoms with Crippen molar-refractivity contribution >= 4 is 39.1 Å². The monoisotopic (exact) mass is 397 g/mol. The molecule has 1 saturated carbocycles. The minimum absolute atomic E-state index is 0.0433. The van der Waals surface area contributed by atoms with E-state index < -0.39 is 21.7 Å². The molecule has 6 nitrogen and oxygen atoms in total. The van der Waals surface area contributed by atoms with Crippen molar-refractivity contribution in [3.63, 3.8) is 0 Å². The molecule has 26 heavy (non-hydrogen) atoms. The van der Waals surface area contributed by atoms with Crippen LogP contribution in [0.5, 0.6) is 0 Å². The summed E-state index contributed by atoms with van der Waals surface area (Å²) in [6.07, 6.45) is 4.03. The number of carbonyl (C=O) groups excluding carboxylic acids is 1. The van der Waals surface area contributed by atoms with E-state index in [9.17, 15) is 13.2 Å². The molecule has 2 fully saturated rings. The van der Waals surface area contributed by atoms with Gasteiger partial charge in [0.05, 0.1) is 0 Å². The number of anilines is 1. The molecule has 144 valence electrons. The summed E-state index contributed by atoms with van der Waals surface area (Å²) in [5.74, 6) is -0.426. The summed E-state index contributed by atoms with van der Waals surface area (Å²) >= 11 is 5.47. The van der Waals surface area contributed by atoms with Gasteiger partial charge in [0.2, 0.25) is 0 Å². The summed E-state index contributed by atoms with van der Waals surface area (Å²) in [6.45, 7) is 4.00. The van der Waals surface area contributed by atoms with E-state index in [1.165, 1.54) is 14.1 Å². The maximum atomic E-state index is 13.2. The van der Waals surface area contributed by atoms with Crippen molar-refractivity contribution in [3.8, 4) is 0 Å². The van der Waals surface area contributed by atoms with Crippen LogP contribution in [-0.4, -0.2) is 47.7 Å². The Hall–Kier alpha value is -1.51. The summed E-state index contributed by atoms with van der Waals surface area (Å²) in [4.78, 5) is 15.0. The van der Waals surface area contributed by atoms with Gasteiger partial charge in [-0.05, 0) is 37.2 Å². The van der Waals surface area contributed by atoms with Crippen LogP contribution in [0.3, 0.4) is 0 Å². The van der Waals surface area contributed by atoms with Crippen LogP contribution in [0.2, 0.25) is 0 Å². The fraction of sp³-hybridized carbons (Fsp3) is 0.556. The number of carbonyl (C=O) groups is 1. The second-order valence-corrected chi connectivity index (χ2v) is 8.76. The van der Waals surface area contributed by atoms with E-state index in [0.29, 0.717) is 12.8 Å². The first kappa shape index (κ1) is 20.8. The third-order valence-electron chi connectivity index (χ3n) is 4.76. The molecular formula is C18H27N3O3S2. The van der Waals surface area contributed by atoms with Crippen LogP contribution < -0.4 is 4.90 Å². The molecule has 1 amide bonds. The van der Waals surface area contributed by atoms with Crippen LogP contribution in [0.15, 0.2) is 30.3 Å². The number of benzene rings is 1. The first-order valence-corrected chi connectivity index (χ1v) is 10.8. The summed E-state index contributed by atoms with van der Waals surface area (Å²) in [7, 11) is -1.14. The molecule has 3 rings (SSSR count). The number of rotatable bonds is 3. The molecule has 0 unspecified atom stereocenters. The quantitative estimate of drug-likeness (QED) is 0.733. The fourth-order valence-corrected chi connectivity index (χ4v) is 5.15. The molecule has 0 aromatic heterocycles. The van der Waals surface area contributed by atoms with E-state index in [4.69, 9.17) is 12.2 Å². The molecule has 2 aliphatic rings. The Bertz CT molecular complexity index is 757. The Balaban J connectivity index is 0.00000117. The van der Waals surface area contributed by atoms with E-state index in [2.05, 4.69) is 0 Å². The Labute approximate surface area is 162 Å². The summed E-state index contributed by atoms with van der Waals surface area (Å²) in [5, 5.41) is 0.0433. The first-order chi connectivity index (χ1) is 12.3. The molecule has 1 saturated heterocycles. The molecule has 1 aromatic carbocycles. The lowest BCUT2D eigenvalue weighted by Gasteiger charge is -2.38. The Morgan fingerprint density at radius 3 is 2.08 bits per heavy atom. The number of nitrogens with zero attached hydrogens (tertiary/aromatic N) is 3. The maximum Gasteiger partial charge on any atom is 0.312 e. The van der Waals surface area contributed by atoms with Gasteiger partial charge in [-0.2, -0.15) is 17.0 Å². The second kappa shape index (κ2) is 8.02. The Morgan fingerprint density at radius 2 is 1.58 bits per heavy atom. The predicted molar refractivity (Wildman–Crippen MR) is 108 cm³/mol. The molecule has 1 spiro atoms. The molecule has 0 N–H and O–H groups in total. The molecule has 1 aliphatic carbocycles. The highest BCUT2D eigenvalue weighted by Crippen LogP contribution is 2.44. The number of amides is 1. The highest BCUT2D eigenvalue weighted by molar-refractivity contribution is 7.90. The van der Waals surface area contributed by atoms with Gasteiger partial charge in [-0.25, -0.2) is 0 Å². The minimum atomic E-state index is -3.96. The van der Waals surface area contributed by atoms with Crippen molar-refractivity contribution in [2.75, 3.05) is 19.0 Å². The van der Waals surface area contributed by atoms with Crippen molar-refractivity contribution in [2.45, 2.75) is 51.5 Å². The van der Waals surface area contributed by atoms with Gasteiger partial charge in [-0.15, -0.1) is 0 Å². The smallest absolute Gasteiger partial charge is 0.302 e. The maximum absolute atomic E-state index is 13.2. The van der Waals surface area contributed by atoms with Gasteiger partial charge in [-0.1, -0.05) is 51.3 Å². The Morgan fingerprint density at radius 1 is 1.04 bits per heavy atom. The molecule has 8 heteroatoms. The SMILES string of the molecule is CC.CN(C)S(=O)(=O)N1C(=O)C2(CCCCC2)N(c2ccccc2)C1=S. The van der Waals surface area contributed by atoms with Crippen molar-refractivity contribution < 1.29 is 13.2 Å². The van der Waals surface area contributed by atoms with Crippen molar-refractivity contribution in [2.24, 2.45) is 0 Å². The number of hydrogen-bond donors (Lipinski definition) is 0. The normalized spacial score (nSPS) is 19.7. The van der Waals surface area contributed by atoms with Gasteiger partial charge in [0.15, 0.2) is 5.11 Å². The van der Waals surface area contributed by atoms with Gasteiger partial charge >= 0.3 is 10.2 Å². The third kappa shape index (κ3) is 3.25. The molecular weight excluding hydrogens is 370 g/mol. The molecule has 1 aliphatic heterocycles. The lowest BCUT2D eigenvalue weighted by molar-refractivity contribution is -0.128. The van der Waals surface area contributed by atoms with Crippen LogP contribution in [-0.2, 0) is 15.0 Å². The fourth-order valence-electron chi connectivity index (χ4n) is 3.52. The zero-order valence-corrected chi connectivity index (χ0v) is 17.4. The minimum Gasteiger partial charge on any atom is -0.302 e. The zero-order chi connectivity index (χ0) is 19.5. The lowest BCUT2D eigenvalue weighted by Crippen LogP contribution is -2.51. The van der Waals surface area contributed by atoms with E-state index in [0.717, 1.165) is 33.6 Å². The summed E-state index contributed by atoms with van der Waals surface area (Å²) in [5.41, 5.74) is -0.131. The molecule has 0 bridgehead atoms. The van der Waals surface area contributed by atoms with Gasteiger partial charge in [0, 0.05) is 19.8 Å². The number of hydrogen-bond acceptors (Lipinski definition) is 4. The molecule has 1 aromatic rings. The van der Waals surface area contributed by atoms with Crippen molar-refractivity contribution in [1.82, 2.24) is 8.61 Å². The van der Waals surface area contributed by atoms with Gasteiger partial charge in [0.25, 0.3) is 5.91 Å². The van der Waals surface area contributed by atoms with E-state index >= 15 is 0 Å². The van der Waals surface area contributed by atoms with Crippen LogP contribution >= 0.6 is 12.2 Å². The Kier molecular flexibility index (Phi) is 6.42. The highest BCUT2D eigenvalue weighted by atomic mass is 32.2. The zero-order valence-electron chi connectivity index (χ0n) is 15.8. The largest absolute Gasteiger partial charge is 0.312 e.